The van der Waals surface area contributed by atoms with Crippen molar-refractivity contribution >= 4 is 17.4 Å². The molecule has 1 atom stereocenters. The van der Waals surface area contributed by atoms with E-state index in [1.165, 1.54) is 0 Å². The molecule has 0 aliphatic carbocycles. The highest BCUT2D eigenvalue weighted by Crippen LogP contribution is 2.25. The van der Waals surface area contributed by atoms with Crippen LogP contribution in [-0.4, -0.2) is 52.9 Å². The number of anilines is 1. The van der Waals surface area contributed by atoms with Crippen molar-refractivity contribution in [1.82, 2.24) is 19.9 Å². The van der Waals surface area contributed by atoms with Crippen molar-refractivity contribution in [3.63, 3.8) is 0 Å². The van der Waals surface area contributed by atoms with E-state index in [1.54, 1.807) is 0 Å². The number of carbonyl (C=O) groups is 1. The third kappa shape index (κ3) is 3.53. The van der Waals surface area contributed by atoms with Crippen LogP contribution < -0.4 is 10.2 Å². The Hall–Kier alpha value is -2.15. The predicted octanol–water partition coefficient (Wildman–Crippen LogP) is 1.86. The molecule has 1 N–H and O–H groups in total. The largest absolute Gasteiger partial charge is 0.381 e. The average Bonchev–Trinajstić information content (AvgIpc) is 3.02. The number of aryl methyl sites for hydroxylation is 2. The monoisotopic (exact) mass is 357 g/mol. The molecule has 7 nitrogen and oxygen atoms in total. The first kappa shape index (κ1) is 17.3. The summed E-state index contributed by atoms with van der Waals surface area (Å²) >= 11 is 0. The van der Waals surface area contributed by atoms with Crippen LogP contribution in [0.5, 0.6) is 0 Å². The molecular weight excluding hydrogens is 330 g/mol. The molecule has 2 aliphatic heterocycles. The number of amides is 1. The van der Waals surface area contributed by atoms with Crippen LogP contribution in [0.1, 0.15) is 37.1 Å². The van der Waals surface area contributed by atoms with Gasteiger partial charge in [-0.3, -0.25) is 4.79 Å². The van der Waals surface area contributed by atoms with Crippen LogP contribution in [0.15, 0.2) is 12.1 Å². The number of hydrogen-bond donors (Lipinski definition) is 1. The summed E-state index contributed by atoms with van der Waals surface area (Å²) in [5, 5.41) is 7.82. The summed E-state index contributed by atoms with van der Waals surface area (Å²) in [5.41, 5.74) is 2.79. The lowest BCUT2D eigenvalue weighted by Crippen LogP contribution is -2.47. The number of aromatic nitrogens is 3. The normalized spacial score (nSPS) is 21.9. The Balaban J connectivity index is 1.50. The molecule has 2 aromatic heterocycles. The Kier molecular flexibility index (Phi) is 4.80. The zero-order chi connectivity index (χ0) is 18.1. The summed E-state index contributed by atoms with van der Waals surface area (Å²) in [7, 11) is 0. The molecule has 26 heavy (non-hydrogen) atoms. The maximum absolute atomic E-state index is 12.8. The van der Waals surface area contributed by atoms with Crippen LogP contribution in [0.3, 0.4) is 0 Å². The fourth-order valence-electron chi connectivity index (χ4n) is 3.98. The van der Waals surface area contributed by atoms with Gasteiger partial charge in [0.05, 0.1) is 11.6 Å². The molecule has 4 rings (SSSR count). The van der Waals surface area contributed by atoms with E-state index in [0.29, 0.717) is 0 Å². The minimum atomic E-state index is 0.0202. The minimum absolute atomic E-state index is 0.0202. The van der Waals surface area contributed by atoms with Gasteiger partial charge in [0.15, 0.2) is 5.65 Å². The Morgan fingerprint density at radius 3 is 2.81 bits per heavy atom. The van der Waals surface area contributed by atoms with E-state index in [0.717, 1.165) is 74.8 Å². The number of piperidine rings is 1. The van der Waals surface area contributed by atoms with Crippen molar-refractivity contribution < 1.29 is 9.53 Å². The van der Waals surface area contributed by atoms with E-state index < -0.39 is 0 Å². The van der Waals surface area contributed by atoms with Gasteiger partial charge in [-0.2, -0.15) is 9.61 Å². The lowest BCUT2D eigenvalue weighted by molar-refractivity contribution is -0.126. The summed E-state index contributed by atoms with van der Waals surface area (Å²) in [5.74, 6) is 1.23. The van der Waals surface area contributed by atoms with Crippen LogP contribution >= 0.6 is 0 Å². The number of nitrogens with zero attached hydrogens (tertiary/aromatic N) is 4. The second-order valence-corrected chi connectivity index (χ2v) is 7.49. The van der Waals surface area contributed by atoms with E-state index >= 15 is 0 Å². The molecule has 1 amide bonds. The van der Waals surface area contributed by atoms with Gasteiger partial charge in [-0.25, -0.2) is 4.98 Å². The lowest BCUT2D eigenvalue weighted by atomic mass is 9.96. The third-order valence-corrected chi connectivity index (χ3v) is 5.34. The first-order valence-corrected chi connectivity index (χ1v) is 9.57. The first-order chi connectivity index (χ1) is 12.6. The van der Waals surface area contributed by atoms with Crippen molar-refractivity contribution in [3.05, 3.63) is 23.5 Å². The van der Waals surface area contributed by atoms with Crippen molar-refractivity contribution in [3.8, 4) is 0 Å². The van der Waals surface area contributed by atoms with Crippen LogP contribution in [-0.2, 0) is 9.53 Å². The zero-order valence-corrected chi connectivity index (χ0v) is 15.6. The number of rotatable bonds is 3. The molecule has 0 radical (unpaired) electrons. The number of hydrogen-bond acceptors (Lipinski definition) is 5. The van der Waals surface area contributed by atoms with Crippen molar-refractivity contribution in [1.29, 1.82) is 0 Å². The summed E-state index contributed by atoms with van der Waals surface area (Å²) < 4.78 is 7.28. The highest BCUT2D eigenvalue weighted by Gasteiger charge is 2.29. The predicted molar refractivity (Wildman–Crippen MR) is 99.4 cm³/mol. The molecule has 2 aliphatic rings. The van der Waals surface area contributed by atoms with Gasteiger partial charge in [-0.15, -0.1) is 0 Å². The Morgan fingerprint density at radius 1 is 1.19 bits per heavy atom. The molecule has 0 spiro atoms. The maximum atomic E-state index is 12.8. The first-order valence-electron chi connectivity index (χ1n) is 9.57. The molecule has 2 saturated heterocycles. The van der Waals surface area contributed by atoms with Crippen molar-refractivity contribution in [2.75, 3.05) is 31.2 Å². The summed E-state index contributed by atoms with van der Waals surface area (Å²) in [6.45, 7) is 7.15. The molecule has 0 saturated carbocycles. The van der Waals surface area contributed by atoms with Gasteiger partial charge in [-0.05, 0) is 39.5 Å². The van der Waals surface area contributed by atoms with E-state index in [1.807, 2.05) is 24.4 Å². The van der Waals surface area contributed by atoms with E-state index in [4.69, 9.17) is 4.74 Å². The van der Waals surface area contributed by atoms with Crippen LogP contribution in [0.2, 0.25) is 0 Å². The molecule has 0 bridgehead atoms. The highest BCUT2D eigenvalue weighted by atomic mass is 16.5. The van der Waals surface area contributed by atoms with Crippen LogP contribution in [0, 0.1) is 19.8 Å². The van der Waals surface area contributed by atoms with E-state index in [2.05, 4.69) is 26.4 Å². The number of fused-ring (bicyclic) bond motifs is 1. The standard InChI is InChI=1S/C19H27N5O2/c1-13-11-18(24-17(20-13)10-14(2)22-24)23-7-3-4-15(12-23)19(25)21-16-5-8-26-9-6-16/h10-11,15-16H,3-9,12H2,1-2H3,(H,21,25). The second-order valence-electron chi connectivity index (χ2n) is 7.49. The Morgan fingerprint density at radius 2 is 2.00 bits per heavy atom. The Labute approximate surface area is 153 Å². The lowest BCUT2D eigenvalue weighted by Gasteiger charge is -2.34. The molecule has 7 heteroatoms. The summed E-state index contributed by atoms with van der Waals surface area (Å²) in [6, 6.07) is 4.32. The number of carbonyl (C=O) groups excluding carboxylic acids is 1. The second kappa shape index (κ2) is 7.23. The molecular formula is C19H27N5O2. The molecule has 140 valence electrons. The third-order valence-electron chi connectivity index (χ3n) is 5.34. The SMILES string of the molecule is Cc1cc(N2CCCC(C(=O)NC3CCOCC3)C2)n2nc(C)cc2n1. The number of nitrogens with one attached hydrogen (secondary N) is 1. The number of ether oxygens (including phenoxy) is 1. The highest BCUT2D eigenvalue weighted by molar-refractivity contribution is 5.80. The molecule has 1 unspecified atom stereocenters. The van der Waals surface area contributed by atoms with Gasteiger partial charge in [0.2, 0.25) is 5.91 Å². The smallest absolute Gasteiger partial charge is 0.225 e. The van der Waals surface area contributed by atoms with Gasteiger partial charge >= 0.3 is 0 Å². The minimum Gasteiger partial charge on any atom is -0.381 e. The van der Waals surface area contributed by atoms with Gasteiger partial charge in [0.1, 0.15) is 5.82 Å². The quantitative estimate of drug-likeness (QED) is 0.908. The molecule has 2 aromatic rings. The average molecular weight is 357 g/mol. The fourth-order valence-corrected chi connectivity index (χ4v) is 3.98. The Bertz CT molecular complexity index is 797. The topological polar surface area (TPSA) is 71.8 Å². The van der Waals surface area contributed by atoms with E-state index in [-0.39, 0.29) is 17.9 Å². The van der Waals surface area contributed by atoms with Gasteiger partial charge < -0.3 is 15.0 Å². The van der Waals surface area contributed by atoms with Gasteiger partial charge in [0.25, 0.3) is 0 Å². The fraction of sp³-hybridized carbons (Fsp3) is 0.632. The van der Waals surface area contributed by atoms with Crippen molar-refractivity contribution in [2.45, 2.75) is 45.6 Å². The summed E-state index contributed by atoms with van der Waals surface area (Å²) in [4.78, 5) is 19.6. The molecule has 0 aromatic carbocycles. The van der Waals surface area contributed by atoms with Crippen molar-refractivity contribution in [2.24, 2.45) is 5.92 Å². The van der Waals surface area contributed by atoms with Crippen LogP contribution in [0.4, 0.5) is 5.82 Å². The summed E-state index contributed by atoms with van der Waals surface area (Å²) in [6.07, 6.45) is 3.78. The van der Waals surface area contributed by atoms with Gasteiger partial charge in [-0.1, -0.05) is 0 Å². The zero-order valence-electron chi connectivity index (χ0n) is 15.6. The maximum Gasteiger partial charge on any atom is 0.225 e. The van der Waals surface area contributed by atoms with Gasteiger partial charge in [0, 0.05) is 50.2 Å². The molecule has 4 heterocycles. The van der Waals surface area contributed by atoms with E-state index in [9.17, 15) is 4.79 Å². The van der Waals surface area contributed by atoms with Crippen LogP contribution in [0.25, 0.3) is 5.65 Å². The molecule has 2 fully saturated rings.